The molecule has 150 valence electrons. The Morgan fingerprint density at radius 3 is 2.46 bits per heavy atom. The van der Waals surface area contributed by atoms with Crippen molar-refractivity contribution < 1.29 is 26.9 Å². The number of aliphatic hydroxyl groups is 1. The van der Waals surface area contributed by atoms with E-state index in [0.717, 1.165) is 0 Å². The van der Waals surface area contributed by atoms with Crippen molar-refractivity contribution in [3.05, 3.63) is 65.5 Å². The van der Waals surface area contributed by atoms with Gasteiger partial charge >= 0.3 is 5.97 Å². The van der Waals surface area contributed by atoms with Crippen LogP contribution in [0.3, 0.4) is 0 Å². The van der Waals surface area contributed by atoms with E-state index in [1.807, 2.05) is 20.8 Å². The molecule has 1 aromatic carbocycles. The maximum Gasteiger partial charge on any atom is 0.333 e. The first-order valence-corrected chi connectivity index (χ1v) is 9.07. The molecule has 0 bridgehead atoms. The minimum Gasteiger partial charge on any atom is -0.508 e. The Hall–Kier alpha value is -2.82. The van der Waals surface area contributed by atoms with Gasteiger partial charge in [0.15, 0.2) is 5.78 Å². The molecule has 0 saturated carbocycles. The van der Waals surface area contributed by atoms with E-state index in [2.05, 4.69) is 6.58 Å². The van der Waals surface area contributed by atoms with Crippen LogP contribution in [-0.4, -0.2) is 30.1 Å². The van der Waals surface area contributed by atoms with Crippen molar-refractivity contribution in [3.8, 4) is 5.75 Å². The molecule has 1 aliphatic carbocycles. The van der Waals surface area contributed by atoms with Crippen LogP contribution in [0.4, 0.5) is 0 Å². The fourth-order valence-corrected chi connectivity index (χ4v) is 2.50. The van der Waals surface area contributed by atoms with E-state index in [1.54, 1.807) is 19.1 Å². The van der Waals surface area contributed by atoms with Gasteiger partial charge in [-0.05, 0) is 55.0 Å². The summed E-state index contributed by atoms with van der Waals surface area (Å²) in [6, 6.07) is 6.25. The largest absolute Gasteiger partial charge is 0.508 e. The fourth-order valence-electron chi connectivity index (χ4n) is 2.50. The van der Waals surface area contributed by atoms with Gasteiger partial charge in [-0.15, -0.1) is 0 Å². The number of benzene rings is 1. The SMILES string of the molecule is [2H]C1([2H])C=C(C(=O)c2ccc(OCCOC(=O)C(=C)C)cc2)C(O)=CC1C(C)(C)C. The first kappa shape index (κ1) is 18.5. The summed E-state index contributed by atoms with van der Waals surface area (Å²) in [5.74, 6) is -1.24. The van der Waals surface area contributed by atoms with E-state index in [1.165, 1.54) is 24.3 Å². The van der Waals surface area contributed by atoms with Gasteiger partial charge in [0.25, 0.3) is 0 Å². The van der Waals surface area contributed by atoms with Gasteiger partial charge in [0.2, 0.25) is 0 Å². The van der Waals surface area contributed by atoms with Crippen LogP contribution in [0.15, 0.2) is 59.9 Å². The lowest BCUT2D eigenvalue weighted by molar-refractivity contribution is -0.139. The molecule has 0 heterocycles. The molecule has 1 aromatic rings. The van der Waals surface area contributed by atoms with Crippen molar-refractivity contribution in [1.82, 2.24) is 0 Å². The van der Waals surface area contributed by atoms with Crippen molar-refractivity contribution in [2.75, 3.05) is 13.2 Å². The summed E-state index contributed by atoms with van der Waals surface area (Å²) in [5, 5.41) is 10.4. The maximum atomic E-state index is 12.8. The minimum atomic E-state index is -1.76. The van der Waals surface area contributed by atoms with E-state index >= 15 is 0 Å². The molecule has 0 saturated heterocycles. The summed E-state index contributed by atoms with van der Waals surface area (Å²) in [6.07, 6.45) is 0.873. The normalized spacial score (nSPS) is 19.5. The Labute approximate surface area is 169 Å². The number of rotatable bonds is 7. The third kappa shape index (κ3) is 5.59. The van der Waals surface area contributed by atoms with Crippen LogP contribution in [0.5, 0.6) is 5.75 Å². The average Bonchev–Trinajstić information content (AvgIpc) is 2.65. The van der Waals surface area contributed by atoms with E-state index in [0.29, 0.717) is 16.9 Å². The zero-order chi connectivity index (χ0) is 22.7. The molecular formula is C23H28O5. The summed E-state index contributed by atoms with van der Waals surface area (Å²) in [7, 11) is 0. The third-order valence-electron chi connectivity index (χ3n) is 4.24. The maximum absolute atomic E-state index is 12.8. The average molecular weight is 386 g/mol. The van der Waals surface area contributed by atoms with Crippen LogP contribution in [0.1, 0.15) is 47.2 Å². The van der Waals surface area contributed by atoms with E-state index in [9.17, 15) is 14.7 Å². The van der Waals surface area contributed by atoms with Gasteiger partial charge in [0.1, 0.15) is 24.7 Å². The molecule has 0 aliphatic heterocycles. The number of ketones is 1. The van der Waals surface area contributed by atoms with Crippen molar-refractivity contribution in [2.45, 2.75) is 34.1 Å². The summed E-state index contributed by atoms with van der Waals surface area (Å²) in [4.78, 5) is 24.1. The summed E-state index contributed by atoms with van der Waals surface area (Å²) in [6.45, 7) is 10.9. The standard InChI is InChI=1S/C23H28O5/c1-15(2)22(26)28-13-12-27-18-9-6-16(7-10-18)21(25)19-11-8-17(14-20(19)24)23(3,4)5/h6-7,9-11,14,17,24H,1,8,12-13H2,2-5H3/i8D2. The Bertz CT molecular complexity index is 889. The van der Waals surface area contributed by atoms with Crippen LogP contribution >= 0.6 is 0 Å². The van der Waals surface area contributed by atoms with Gasteiger partial charge in [0, 0.05) is 13.9 Å². The predicted molar refractivity (Wildman–Crippen MR) is 108 cm³/mol. The van der Waals surface area contributed by atoms with Crippen molar-refractivity contribution in [3.63, 3.8) is 0 Å². The van der Waals surface area contributed by atoms with Crippen LogP contribution < -0.4 is 4.74 Å². The number of carbonyl (C=O) groups excluding carboxylic acids is 2. The van der Waals surface area contributed by atoms with E-state index in [4.69, 9.17) is 12.2 Å². The second kappa shape index (κ2) is 8.91. The summed E-state index contributed by atoms with van der Waals surface area (Å²) < 4.78 is 27.0. The quantitative estimate of drug-likeness (QED) is 0.315. The molecule has 0 fully saturated rings. The molecule has 0 amide bonds. The Kier molecular flexibility index (Phi) is 5.90. The smallest absolute Gasteiger partial charge is 0.333 e. The topological polar surface area (TPSA) is 72.8 Å². The number of ether oxygens (including phenoxy) is 2. The molecule has 0 spiro atoms. The van der Waals surface area contributed by atoms with Crippen molar-refractivity contribution in [2.24, 2.45) is 11.3 Å². The first-order valence-electron chi connectivity index (χ1n) is 10.1. The molecule has 1 N–H and O–H groups in total. The fraction of sp³-hybridized carbons (Fsp3) is 0.391. The predicted octanol–water partition coefficient (Wildman–Crippen LogP) is 4.80. The highest BCUT2D eigenvalue weighted by molar-refractivity contribution is 6.11. The molecular weight excluding hydrogens is 356 g/mol. The molecule has 5 nitrogen and oxygen atoms in total. The van der Waals surface area contributed by atoms with Crippen molar-refractivity contribution in [1.29, 1.82) is 0 Å². The molecule has 5 heteroatoms. The van der Waals surface area contributed by atoms with Crippen LogP contribution in [0.25, 0.3) is 0 Å². The molecule has 1 aliphatic rings. The lowest BCUT2D eigenvalue weighted by Gasteiger charge is -2.30. The van der Waals surface area contributed by atoms with Gasteiger partial charge in [-0.3, -0.25) is 4.79 Å². The zero-order valence-corrected chi connectivity index (χ0v) is 16.7. The van der Waals surface area contributed by atoms with Gasteiger partial charge < -0.3 is 14.6 Å². The number of carbonyl (C=O) groups is 2. The number of Topliss-reactive ketones (excluding diaryl/α,β-unsaturated/α-hetero) is 1. The Morgan fingerprint density at radius 1 is 1.25 bits per heavy atom. The lowest BCUT2D eigenvalue weighted by Crippen LogP contribution is -2.22. The summed E-state index contributed by atoms with van der Waals surface area (Å²) >= 11 is 0. The number of hydrogen-bond donors (Lipinski definition) is 1. The Morgan fingerprint density at radius 2 is 1.89 bits per heavy atom. The molecule has 2 rings (SSSR count). The minimum absolute atomic E-state index is 0.0547. The van der Waals surface area contributed by atoms with E-state index < -0.39 is 29.5 Å². The van der Waals surface area contributed by atoms with Crippen LogP contribution in [-0.2, 0) is 9.53 Å². The number of esters is 1. The highest BCUT2D eigenvalue weighted by atomic mass is 16.6. The Balaban J connectivity index is 2.06. The van der Waals surface area contributed by atoms with Gasteiger partial charge in [-0.25, -0.2) is 4.79 Å². The van der Waals surface area contributed by atoms with Gasteiger partial charge in [-0.1, -0.05) is 33.4 Å². The lowest BCUT2D eigenvalue weighted by atomic mass is 9.75. The number of aliphatic hydroxyl groups excluding tert-OH is 1. The van der Waals surface area contributed by atoms with Crippen LogP contribution in [0.2, 0.25) is 0 Å². The highest BCUT2D eigenvalue weighted by Gasteiger charge is 2.28. The molecule has 28 heavy (non-hydrogen) atoms. The second-order valence-corrected chi connectivity index (χ2v) is 7.74. The second-order valence-electron chi connectivity index (χ2n) is 7.74. The molecule has 0 radical (unpaired) electrons. The van der Waals surface area contributed by atoms with Gasteiger partial charge in [-0.2, -0.15) is 0 Å². The van der Waals surface area contributed by atoms with E-state index in [-0.39, 0.29) is 24.5 Å². The summed E-state index contributed by atoms with van der Waals surface area (Å²) in [5.41, 5.74) is 0.138. The van der Waals surface area contributed by atoms with Gasteiger partial charge in [0.05, 0.1) is 5.57 Å². The molecule has 0 aromatic heterocycles. The monoisotopic (exact) mass is 386 g/mol. The molecule has 1 unspecified atom stereocenters. The third-order valence-corrected chi connectivity index (χ3v) is 4.24. The number of hydrogen-bond acceptors (Lipinski definition) is 5. The number of allylic oxidation sites excluding steroid dienone is 3. The van der Waals surface area contributed by atoms with Crippen LogP contribution in [0, 0.1) is 11.3 Å². The zero-order valence-electron chi connectivity index (χ0n) is 18.7. The first-order chi connectivity index (χ1) is 13.8. The molecule has 1 atom stereocenters. The van der Waals surface area contributed by atoms with Crippen molar-refractivity contribution >= 4 is 11.8 Å². The highest BCUT2D eigenvalue weighted by Crippen LogP contribution is 2.35.